The molecule has 2 saturated heterocycles. The molecule has 3 rings (SSSR count). The Morgan fingerprint density at radius 1 is 1.38 bits per heavy atom. The van der Waals surface area contributed by atoms with Crippen molar-refractivity contribution in [1.82, 2.24) is 14.8 Å². The Bertz CT molecular complexity index is 431. The number of hydrogen-bond donors (Lipinski definition) is 0. The second-order valence-electron chi connectivity index (χ2n) is 6.68. The molecule has 0 spiro atoms. The van der Waals surface area contributed by atoms with E-state index in [1.165, 1.54) is 31.5 Å². The van der Waals surface area contributed by atoms with E-state index in [0.29, 0.717) is 12.1 Å². The highest BCUT2D eigenvalue weighted by Crippen LogP contribution is 2.27. The summed E-state index contributed by atoms with van der Waals surface area (Å²) in [5.41, 5.74) is 1.35. The fourth-order valence-corrected chi connectivity index (χ4v) is 3.81. The number of nitrogens with zero attached hydrogens (tertiary/aromatic N) is 3. The Hall–Kier alpha value is -0.970. The lowest BCUT2D eigenvalue weighted by Gasteiger charge is -2.32. The molecule has 3 atom stereocenters. The SMILES string of the molecule is CN(C)[C@@H]1CCN(CC2CCOC2)[C@H]1Cc1cccnc1. The highest BCUT2D eigenvalue weighted by molar-refractivity contribution is 5.12. The van der Waals surface area contributed by atoms with Gasteiger partial charge in [-0.15, -0.1) is 0 Å². The van der Waals surface area contributed by atoms with Crippen molar-refractivity contribution in [3.63, 3.8) is 0 Å². The van der Waals surface area contributed by atoms with Crippen LogP contribution in [0.4, 0.5) is 0 Å². The van der Waals surface area contributed by atoms with Crippen LogP contribution in [0.1, 0.15) is 18.4 Å². The topological polar surface area (TPSA) is 28.6 Å². The first-order valence-electron chi connectivity index (χ1n) is 8.11. The van der Waals surface area contributed by atoms with Gasteiger partial charge < -0.3 is 9.64 Å². The van der Waals surface area contributed by atoms with Crippen LogP contribution in [0, 0.1) is 5.92 Å². The monoisotopic (exact) mass is 289 g/mol. The summed E-state index contributed by atoms with van der Waals surface area (Å²) in [6.07, 6.45) is 7.47. The van der Waals surface area contributed by atoms with E-state index in [1.807, 2.05) is 18.5 Å². The molecule has 3 heterocycles. The van der Waals surface area contributed by atoms with Crippen LogP contribution in [0.2, 0.25) is 0 Å². The third-order valence-electron chi connectivity index (χ3n) is 4.97. The summed E-state index contributed by atoms with van der Waals surface area (Å²) >= 11 is 0. The summed E-state index contributed by atoms with van der Waals surface area (Å²) in [5, 5.41) is 0. The molecule has 4 heteroatoms. The summed E-state index contributed by atoms with van der Waals surface area (Å²) < 4.78 is 5.55. The maximum atomic E-state index is 5.55. The number of ether oxygens (including phenoxy) is 1. The third-order valence-corrected chi connectivity index (χ3v) is 4.97. The van der Waals surface area contributed by atoms with E-state index in [0.717, 1.165) is 25.6 Å². The minimum atomic E-state index is 0.602. The summed E-state index contributed by atoms with van der Waals surface area (Å²) in [7, 11) is 4.42. The van der Waals surface area contributed by atoms with E-state index in [4.69, 9.17) is 4.74 Å². The van der Waals surface area contributed by atoms with Crippen LogP contribution in [0.25, 0.3) is 0 Å². The molecule has 2 aliphatic heterocycles. The second kappa shape index (κ2) is 6.86. The van der Waals surface area contributed by atoms with Gasteiger partial charge in [-0.2, -0.15) is 0 Å². The molecule has 1 aromatic heterocycles. The number of pyridine rings is 1. The summed E-state index contributed by atoms with van der Waals surface area (Å²) in [4.78, 5) is 9.36. The van der Waals surface area contributed by atoms with Gasteiger partial charge in [0.05, 0.1) is 6.61 Å². The van der Waals surface area contributed by atoms with Crippen LogP contribution in [0.3, 0.4) is 0 Å². The van der Waals surface area contributed by atoms with Gasteiger partial charge in [-0.1, -0.05) is 6.07 Å². The summed E-state index contributed by atoms with van der Waals surface area (Å²) in [5.74, 6) is 0.724. The van der Waals surface area contributed by atoms with Gasteiger partial charge >= 0.3 is 0 Å². The third kappa shape index (κ3) is 3.62. The fraction of sp³-hybridized carbons (Fsp3) is 0.706. The Kier molecular flexibility index (Phi) is 4.88. The van der Waals surface area contributed by atoms with Crippen molar-refractivity contribution in [2.75, 3.05) is 40.4 Å². The number of rotatable bonds is 5. The van der Waals surface area contributed by atoms with Crippen molar-refractivity contribution < 1.29 is 4.74 Å². The molecule has 0 aromatic carbocycles. The first-order chi connectivity index (χ1) is 10.2. The highest BCUT2D eigenvalue weighted by atomic mass is 16.5. The lowest BCUT2D eigenvalue weighted by atomic mass is 9.99. The molecule has 21 heavy (non-hydrogen) atoms. The van der Waals surface area contributed by atoms with E-state index < -0.39 is 0 Å². The standard InChI is InChI=1S/C17H27N3O/c1-19(2)16-5-8-20(12-15-6-9-21-13-15)17(16)10-14-4-3-7-18-11-14/h3-4,7,11,15-17H,5-6,8-10,12-13H2,1-2H3/t15?,16-,17+/m1/s1. The predicted octanol–water partition coefficient (Wildman–Crippen LogP) is 1.67. The van der Waals surface area contributed by atoms with Crippen LogP contribution < -0.4 is 0 Å². The number of hydrogen-bond acceptors (Lipinski definition) is 4. The van der Waals surface area contributed by atoms with Crippen LogP contribution in [-0.2, 0) is 11.2 Å². The molecular weight excluding hydrogens is 262 g/mol. The van der Waals surface area contributed by atoms with Crippen molar-refractivity contribution in [3.8, 4) is 0 Å². The van der Waals surface area contributed by atoms with Gasteiger partial charge in [0.25, 0.3) is 0 Å². The molecule has 0 bridgehead atoms. The van der Waals surface area contributed by atoms with Gasteiger partial charge in [0.2, 0.25) is 0 Å². The van der Waals surface area contributed by atoms with Crippen molar-refractivity contribution in [2.45, 2.75) is 31.3 Å². The second-order valence-corrected chi connectivity index (χ2v) is 6.68. The van der Waals surface area contributed by atoms with Gasteiger partial charge in [0.1, 0.15) is 0 Å². The molecule has 4 nitrogen and oxygen atoms in total. The first-order valence-corrected chi connectivity index (χ1v) is 8.11. The van der Waals surface area contributed by atoms with Crippen molar-refractivity contribution in [3.05, 3.63) is 30.1 Å². The number of likely N-dealkylation sites (tertiary alicyclic amines) is 1. The van der Waals surface area contributed by atoms with Crippen LogP contribution in [0.5, 0.6) is 0 Å². The lowest BCUT2D eigenvalue weighted by Crippen LogP contribution is -2.45. The predicted molar refractivity (Wildman–Crippen MR) is 84.3 cm³/mol. The van der Waals surface area contributed by atoms with Crippen LogP contribution >= 0.6 is 0 Å². The van der Waals surface area contributed by atoms with Gasteiger partial charge in [-0.05, 0) is 50.9 Å². The maximum Gasteiger partial charge on any atom is 0.0507 e. The molecule has 2 fully saturated rings. The van der Waals surface area contributed by atoms with Crippen LogP contribution in [0.15, 0.2) is 24.5 Å². The minimum absolute atomic E-state index is 0.602. The molecule has 0 N–H and O–H groups in total. The van der Waals surface area contributed by atoms with E-state index in [9.17, 15) is 0 Å². The molecule has 0 saturated carbocycles. The molecule has 1 unspecified atom stereocenters. The molecular formula is C17H27N3O. The van der Waals surface area contributed by atoms with E-state index in [1.54, 1.807) is 0 Å². The van der Waals surface area contributed by atoms with Crippen molar-refractivity contribution in [2.24, 2.45) is 5.92 Å². The molecule has 0 amide bonds. The van der Waals surface area contributed by atoms with Gasteiger partial charge in [-0.3, -0.25) is 9.88 Å². The molecule has 1 aromatic rings. The Labute approximate surface area is 128 Å². The summed E-state index contributed by atoms with van der Waals surface area (Å²) in [6, 6.07) is 5.50. The van der Waals surface area contributed by atoms with Crippen LogP contribution in [-0.4, -0.2) is 67.3 Å². The van der Waals surface area contributed by atoms with E-state index in [-0.39, 0.29) is 0 Å². The molecule has 116 valence electrons. The lowest BCUT2D eigenvalue weighted by molar-refractivity contribution is 0.144. The molecule has 0 radical (unpaired) electrons. The Morgan fingerprint density at radius 3 is 2.95 bits per heavy atom. The Morgan fingerprint density at radius 2 is 2.29 bits per heavy atom. The van der Waals surface area contributed by atoms with Gasteiger partial charge in [0.15, 0.2) is 0 Å². The Balaban J connectivity index is 1.69. The van der Waals surface area contributed by atoms with Gasteiger partial charge in [-0.25, -0.2) is 0 Å². The smallest absolute Gasteiger partial charge is 0.0507 e. The number of aromatic nitrogens is 1. The van der Waals surface area contributed by atoms with Crippen molar-refractivity contribution in [1.29, 1.82) is 0 Å². The maximum absolute atomic E-state index is 5.55. The first kappa shape index (κ1) is 14.9. The molecule has 0 aliphatic carbocycles. The average Bonchev–Trinajstić information content (AvgIpc) is 3.11. The normalized spacial score (nSPS) is 30.3. The minimum Gasteiger partial charge on any atom is -0.381 e. The zero-order valence-corrected chi connectivity index (χ0v) is 13.2. The fourth-order valence-electron chi connectivity index (χ4n) is 3.81. The largest absolute Gasteiger partial charge is 0.381 e. The van der Waals surface area contributed by atoms with E-state index in [2.05, 4.69) is 34.9 Å². The van der Waals surface area contributed by atoms with Crippen molar-refractivity contribution >= 4 is 0 Å². The highest BCUT2D eigenvalue weighted by Gasteiger charge is 2.36. The quantitative estimate of drug-likeness (QED) is 0.824. The van der Waals surface area contributed by atoms with E-state index >= 15 is 0 Å². The summed E-state index contributed by atoms with van der Waals surface area (Å²) in [6.45, 7) is 4.30. The zero-order chi connectivity index (χ0) is 14.7. The van der Waals surface area contributed by atoms with Gasteiger partial charge in [0, 0.05) is 44.2 Å². The zero-order valence-electron chi connectivity index (χ0n) is 13.2. The molecule has 2 aliphatic rings. The number of likely N-dealkylation sites (N-methyl/N-ethyl adjacent to an activating group) is 1. The average molecular weight is 289 g/mol.